The number of likely N-dealkylation sites (tertiary alicyclic amines) is 1. The molecule has 2 aliphatic rings. The van der Waals surface area contributed by atoms with Gasteiger partial charge in [0.1, 0.15) is 0 Å². The molecule has 2 fully saturated rings. The van der Waals surface area contributed by atoms with Gasteiger partial charge < -0.3 is 20.9 Å². The fourth-order valence-corrected chi connectivity index (χ4v) is 7.20. The molecule has 4 aromatic carbocycles. The van der Waals surface area contributed by atoms with E-state index in [0.29, 0.717) is 36.2 Å². The smallest absolute Gasteiger partial charge is 0.349 e. The van der Waals surface area contributed by atoms with Crippen LogP contribution >= 0.6 is 0 Å². The summed E-state index contributed by atoms with van der Waals surface area (Å²) in [5.41, 5.74) is 4.22. The van der Waals surface area contributed by atoms with E-state index < -0.39 is 11.7 Å². The molecule has 4 atom stereocenters. The van der Waals surface area contributed by atoms with Crippen LogP contribution in [0.15, 0.2) is 103 Å². The SMILES string of the molecule is CCc1ccc(C2CCCN2C(=O)c2cccc(C(=O)N[C@@H](Cc3ccccc3)[C@@H](CNCc3cccc(C(F)(F)F)c3)C3CCN3)c2)cc1. The summed E-state index contributed by atoms with van der Waals surface area (Å²) in [6.07, 6.45) is -0.117. The van der Waals surface area contributed by atoms with E-state index in [1.165, 1.54) is 17.7 Å². The Hall–Kier alpha value is -4.47. The van der Waals surface area contributed by atoms with Gasteiger partial charge in [-0.15, -0.1) is 0 Å². The highest BCUT2D eigenvalue weighted by Crippen LogP contribution is 2.34. The van der Waals surface area contributed by atoms with Gasteiger partial charge in [-0.1, -0.05) is 85.8 Å². The van der Waals surface area contributed by atoms with E-state index in [1.807, 2.05) is 35.2 Å². The third-order valence-electron chi connectivity index (χ3n) is 10.1. The molecule has 262 valence electrons. The number of nitrogens with zero attached hydrogens (tertiary/aromatic N) is 1. The quantitative estimate of drug-likeness (QED) is 0.138. The van der Waals surface area contributed by atoms with Crippen LogP contribution in [-0.2, 0) is 25.6 Å². The Morgan fingerprint density at radius 1 is 0.860 bits per heavy atom. The van der Waals surface area contributed by atoms with Crippen molar-refractivity contribution >= 4 is 11.8 Å². The molecule has 0 saturated carbocycles. The lowest BCUT2D eigenvalue weighted by Gasteiger charge is -2.40. The largest absolute Gasteiger partial charge is 0.416 e. The van der Waals surface area contributed by atoms with E-state index in [1.54, 1.807) is 30.3 Å². The van der Waals surface area contributed by atoms with Crippen LogP contribution in [0.1, 0.15) is 80.8 Å². The van der Waals surface area contributed by atoms with E-state index in [0.717, 1.165) is 49.4 Å². The van der Waals surface area contributed by atoms with Crippen molar-refractivity contribution in [3.8, 4) is 0 Å². The zero-order chi connectivity index (χ0) is 35.1. The van der Waals surface area contributed by atoms with Crippen molar-refractivity contribution in [1.82, 2.24) is 20.9 Å². The molecule has 0 bridgehead atoms. The van der Waals surface area contributed by atoms with Crippen molar-refractivity contribution in [2.45, 2.75) is 69.9 Å². The van der Waals surface area contributed by atoms with E-state index in [4.69, 9.17) is 0 Å². The maximum absolute atomic E-state index is 14.0. The number of halogens is 3. The Morgan fingerprint density at radius 3 is 2.28 bits per heavy atom. The standard InChI is InChI=1S/C41H45F3N4O2/c1-2-28-16-18-31(19-17-28)38-15-8-22-48(38)40(50)33-13-7-12-32(25-33)39(49)47-37(24-29-9-4-3-5-10-29)35(36-20-21-46-36)27-45-26-30-11-6-14-34(23-30)41(42,43)44/h3-7,9-14,16-19,23,25,35-38,45-46H,2,8,15,20-22,24,26-27H2,1H3,(H,47,49)/t35-,36?,37-,38?/m0/s1. The predicted molar refractivity (Wildman–Crippen MR) is 190 cm³/mol. The van der Waals surface area contributed by atoms with Crippen LogP contribution in [0, 0.1) is 5.92 Å². The molecule has 0 aliphatic carbocycles. The van der Waals surface area contributed by atoms with Gasteiger partial charge in [-0.05, 0) is 85.2 Å². The van der Waals surface area contributed by atoms with Crippen molar-refractivity contribution < 1.29 is 22.8 Å². The summed E-state index contributed by atoms with van der Waals surface area (Å²) < 4.78 is 40.0. The number of hydrogen-bond acceptors (Lipinski definition) is 4. The molecule has 0 aromatic heterocycles. The number of aryl methyl sites for hydroxylation is 1. The van der Waals surface area contributed by atoms with Gasteiger partial charge in [0.15, 0.2) is 0 Å². The molecular formula is C41H45F3N4O2. The Kier molecular flexibility index (Phi) is 11.3. The van der Waals surface area contributed by atoms with Crippen molar-refractivity contribution in [2.24, 2.45) is 5.92 Å². The van der Waals surface area contributed by atoms with Crippen LogP contribution in [-0.4, -0.2) is 48.4 Å². The summed E-state index contributed by atoms with van der Waals surface area (Å²) in [7, 11) is 0. The minimum absolute atomic E-state index is 0.000290. The van der Waals surface area contributed by atoms with E-state index in [9.17, 15) is 22.8 Å². The minimum atomic E-state index is -4.40. The molecule has 3 N–H and O–H groups in total. The predicted octanol–water partition coefficient (Wildman–Crippen LogP) is 7.35. The molecule has 2 heterocycles. The number of rotatable bonds is 13. The number of benzene rings is 4. The normalized spacial score (nSPS) is 18.7. The lowest BCUT2D eigenvalue weighted by molar-refractivity contribution is -0.137. The number of carbonyl (C=O) groups is 2. The summed E-state index contributed by atoms with van der Waals surface area (Å²) in [5, 5.41) is 10.2. The van der Waals surface area contributed by atoms with Crippen LogP contribution in [0.5, 0.6) is 0 Å². The fourth-order valence-electron chi connectivity index (χ4n) is 7.20. The van der Waals surface area contributed by atoms with E-state index >= 15 is 0 Å². The molecule has 6 nitrogen and oxygen atoms in total. The third kappa shape index (κ3) is 8.63. The lowest BCUT2D eigenvalue weighted by atomic mass is 9.82. The highest BCUT2D eigenvalue weighted by atomic mass is 19.4. The van der Waals surface area contributed by atoms with Crippen molar-refractivity contribution in [3.05, 3.63) is 142 Å². The summed E-state index contributed by atoms with van der Waals surface area (Å²) in [5.74, 6) is -0.401. The van der Waals surface area contributed by atoms with Gasteiger partial charge in [0, 0.05) is 48.8 Å². The molecule has 2 amide bonds. The van der Waals surface area contributed by atoms with Gasteiger partial charge in [-0.3, -0.25) is 9.59 Å². The first-order valence-electron chi connectivity index (χ1n) is 17.6. The second kappa shape index (κ2) is 16.0. The van der Waals surface area contributed by atoms with Gasteiger partial charge in [0.25, 0.3) is 11.8 Å². The molecule has 50 heavy (non-hydrogen) atoms. The monoisotopic (exact) mass is 682 g/mol. The average molecular weight is 683 g/mol. The Labute approximate surface area is 292 Å². The first-order valence-corrected chi connectivity index (χ1v) is 17.6. The summed E-state index contributed by atoms with van der Waals surface area (Å²) in [6, 6.07) is 30.6. The zero-order valence-corrected chi connectivity index (χ0v) is 28.4. The first-order chi connectivity index (χ1) is 24.2. The second-order valence-electron chi connectivity index (χ2n) is 13.4. The van der Waals surface area contributed by atoms with Crippen molar-refractivity contribution in [2.75, 3.05) is 19.6 Å². The van der Waals surface area contributed by atoms with E-state index in [-0.39, 0.29) is 42.4 Å². The average Bonchev–Trinajstić information content (AvgIpc) is 3.60. The van der Waals surface area contributed by atoms with Crippen molar-refractivity contribution in [1.29, 1.82) is 0 Å². The van der Waals surface area contributed by atoms with Crippen LogP contribution in [0.2, 0.25) is 0 Å². The molecule has 2 unspecified atom stereocenters. The van der Waals surface area contributed by atoms with Crippen LogP contribution in [0.3, 0.4) is 0 Å². The lowest BCUT2D eigenvalue weighted by Crippen LogP contribution is -2.58. The molecule has 2 aliphatic heterocycles. The molecular weight excluding hydrogens is 637 g/mol. The van der Waals surface area contributed by atoms with Crippen LogP contribution in [0.25, 0.3) is 0 Å². The maximum atomic E-state index is 14.0. The van der Waals surface area contributed by atoms with Crippen LogP contribution in [0.4, 0.5) is 13.2 Å². The first kappa shape index (κ1) is 35.4. The van der Waals surface area contributed by atoms with E-state index in [2.05, 4.69) is 47.1 Å². The highest BCUT2D eigenvalue weighted by Gasteiger charge is 2.35. The van der Waals surface area contributed by atoms with Gasteiger partial charge in [-0.2, -0.15) is 13.2 Å². The number of hydrogen-bond donors (Lipinski definition) is 3. The second-order valence-corrected chi connectivity index (χ2v) is 13.4. The Morgan fingerprint density at radius 2 is 1.58 bits per heavy atom. The topological polar surface area (TPSA) is 73.5 Å². The number of carbonyl (C=O) groups excluding carboxylic acids is 2. The maximum Gasteiger partial charge on any atom is 0.416 e. The summed E-state index contributed by atoms with van der Waals surface area (Å²) in [6.45, 7) is 4.41. The molecule has 6 rings (SSSR count). The number of amides is 2. The minimum Gasteiger partial charge on any atom is -0.349 e. The molecule has 4 aromatic rings. The van der Waals surface area contributed by atoms with Crippen molar-refractivity contribution in [3.63, 3.8) is 0 Å². The number of alkyl halides is 3. The molecule has 2 saturated heterocycles. The summed E-state index contributed by atoms with van der Waals surface area (Å²) >= 11 is 0. The fraction of sp³-hybridized carbons (Fsp3) is 0.366. The molecule has 0 spiro atoms. The molecule has 9 heteroatoms. The Bertz CT molecular complexity index is 1740. The van der Waals surface area contributed by atoms with Crippen LogP contribution < -0.4 is 16.0 Å². The highest BCUT2D eigenvalue weighted by molar-refractivity contribution is 6.00. The third-order valence-corrected chi connectivity index (χ3v) is 10.1. The number of nitrogens with one attached hydrogen (secondary N) is 3. The molecule has 0 radical (unpaired) electrons. The van der Waals surface area contributed by atoms with Gasteiger partial charge in [-0.25, -0.2) is 0 Å². The van der Waals surface area contributed by atoms with Gasteiger partial charge >= 0.3 is 6.18 Å². The van der Waals surface area contributed by atoms with Gasteiger partial charge in [0.2, 0.25) is 0 Å². The Balaban J connectivity index is 1.18. The zero-order valence-electron chi connectivity index (χ0n) is 28.4. The van der Waals surface area contributed by atoms with Gasteiger partial charge in [0.05, 0.1) is 11.6 Å². The summed E-state index contributed by atoms with van der Waals surface area (Å²) in [4.78, 5) is 29.7.